The second-order valence-corrected chi connectivity index (χ2v) is 7.00. The average molecular weight is 358 g/mol. The maximum Gasteiger partial charge on any atom is 0.259 e. The van der Waals surface area contributed by atoms with Crippen molar-refractivity contribution >= 4 is 34.0 Å². The van der Waals surface area contributed by atoms with Gasteiger partial charge in [-0.3, -0.25) is 10.1 Å². The summed E-state index contributed by atoms with van der Waals surface area (Å²) in [7, 11) is 0. The van der Waals surface area contributed by atoms with E-state index in [-0.39, 0.29) is 5.91 Å². The lowest BCUT2D eigenvalue weighted by molar-refractivity contribution is 0.102. The monoisotopic (exact) mass is 357 g/mol. The fraction of sp³-hybridized carbons (Fsp3) is 0.167. The Kier molecular flexibility index (Phi) is 4.64. The molecule has 2 aromatic carbocycles. The highest BCUT2D eigenvalue weighted by atomic mass is 35.5. The van der Waals surface area contributed by atoms with E-state index in [9.17, 15) is 4.79 Å². The molecule has 0 spiro atoms. The smallest absolute Gasteiger partial charge is 0.259 e. The van der Waals surface area contributed by atoms with Gasteiger partial charge < -0.3 is 0 Å². The number of carbonyl (C=O) groups is 1. The molecular weight excluding hydrogens is 342 g/mol. The van der Waals surface area contributed by atoms with Gasteiger partial charge in [0.2, 0.25) is 5.13 Å². The first-order valence-electron chi connectivity index (χ1n) is 7.43. The van der Waals surface area contributed by atoms with Gasteiger partial charge in [0.15, 0.2) is 0 Å². The molecule has 122 valence electrons. The van der Waals surface area contributed by atoms with E-state index in [1.807, 2.05) is 0 Å². The second kappa shape index (κ2) is 6.71. The van der Waals surface area contributed by atoms with Gasteiger partial charge >= 0.3 is 0 Å². The van der Waals surface area contributed by atoms with Gasteiger partial charge in [0, 0.05) is 5.56 Å². The maximum atomic E-state index is 12.3. The first kappa shape index (κ1) is 16.6. The summed E-state index contributed by atoms with van der Waals surface area (Å²) in [5.74, 6) is -0.291. The number of halogens is 1. The topological polar surface area (TPSA) is 54.9 Å². The number of amides is 1. The molecule has 6 heteroatoms. The fourth-order valence-electron chi connectivity index (χ4n) is 2.70. The number of nitrogens with one attached hydrogen (secondary N) is 1. The molecule has 1 N–H and O–H groups in total. The molecule has 0 saturated heterocycles. The van der Waals surface area contributed by atoms with Crippen LogP contribution in [0.5, 0.6) is 0 Å². The summed E-state index contributed by atoms with van der Waals surface area (Å²) in [5.41, 5.74) is 4.99. The minimum absolute atomic E-state index is 0.291. The van der Waals surface area contributed by atoms with Crippen LogP contribution in [0.1, 0.15) is 27.0 Å². The minimum Gasteiger partial charge on any atom is -0.296 e. The van der Waals surface area contributed by atoms with Crippen LogP contribution >= 0.6 is 22.9 Å². The quantitative estimate of drug-likeness (QED) is 0.714. The van der Waals surface area contributed by atoms with Crippen LogP contribution in [-0.4, -0.2) is 16.1 Å². The second-order valence-electron chi connectivity index (χ2n) is 5.62. The summed E-state index contributed by atoms with van der Waals surface area (Å²) < 4.78 is 0. The predicted molar refractivity (Wildman–Crippen MR) is 99.0 cm³/mol. The number of aromatic nitrogens is 2. The van der Waals surface area contributed by atoms with Crippen molar-refractivity contribution in [1.29, 1.82) is 0 Å². The molecule has 0 bridgehead atoms. The highest BCUT2D eigenvalue weighted by Gasteiger charge is 2.15. The largest absolute Gasteiger partial charge is 0.296 e. The van der Waals surface area contributed by atoms with Crippen LogP contribution in [0.2, 0.25) is 5.02 Å². The Balaban J connectivity index is 1.87. The van der Waals surface area contributed by atoms with Gasteiger partial charge in [-0.2, -0.15) is 0 Å². The highest BCUT2D eigenvalue weighted by molar-refractivity contribution is 7.18. The molecule has 24 heavy (non-hydrogen) atoms. The van der Waals surface area contributed by atoms with Crippen molar-refractivity contribution in [3.05, 3.63) is 63.7 Å². The Morgan fingerprint density at radius 3 is 2.42 bits per heavy atom. The zero-order valence-corrected chi connectivity index (χ0v) is 15.1. The lowest BCUT2D eigenvalue weighted by Crippen LogP contribution is -2.12. The van der Waals surface area contributed by atoms with E-state index < -0.39 is 0 Å². The van der Waals surface area contributed by atoms with Crippen molar-refractivity contribution in [3.8, 4) is 10.6 Å². The van der Waals surface area contributed by atoms with Crippen LogP contribution in [0.25, 0.3) is 10.6 Å². The summed E-state index contributed by atoms with van der Waals surface area (Å²) in [6, 6.07) is 11.1. The van der Waals surface area contributed by atoms with E-state index >= 15 is 0 Å². The fourth-order valence-corrected chi connectivity index (χ4v) is 3.84. The van der Waals surface area contributed by atoms with Gasteiger partial charge in [-0.05, 0) is 44.0 Å². The molecule has 3 rings (SSSR count). The molecule has 1 aromatic heterocycles. The highest BCUT2D eigenvalue weighted by Crippen LogP contribution is 2.32. The lowest BCUT2D eigenvalue weighted by Gasteiger charge is -2.07. The number of benzene rings is 2. The zero-order chi connectivity index (χ0) is 17.3. The number of rotatable bonds is 3. The Morgan fingerprint density at radius 2 is 1.75 bits per heavy atom. The number of aryl methyl sites for hydroxylation is 3. The van der Waals surface area contributed by atoms with Gasteiger partial charge in [0.1, 0.15) is 5.01 Å². The van der Waals surface area contributed by atoms with Gasteiger partial charge in [0.05, 0.1) is 10.6 Å². The first-order chi connectivity index (χ1) is 11.5. The molecule has 1 heterocycles. The summed E-state index contributed by atoms with van der Waals surface area (Å²) in [5, 5.41) is 12.7. The number of anilines is 1. The van der Waals surface area contributed by atoms with E-state index in [0.717, 1.165) is 21.7 Å². The summed E-state index contributed by atoms with van der Waals surface area (Å²) >= 11 is 7.40. The Morgan fingerprint density at radius 1 is 1.08 bits per heavy atom. The van der Waals surface area contributed by atoms with Crippen LogP contribution in [-0.2, 0) is 0 Å². The number of hydrogen-bond acceptors (Lipinski definition) is 4. The van der Waals surface area contributed by atoms with Gasteiger partial charge in [-0.25, -0.2) is 0 Å². The van der Waals surface area contributed by atoms with E-state index in [0.29, 0.717) is 15.7 Å². The molecule has 0 unspecified atom stereocenters. The Labute approximate surface area is 149 Å². The molecular formula is C18H16ClN3OS. The molecule has 0 aliphatic rings. The molecule has 4 nitrogen and oxygen atoms in total. The van der Waals surface area contributed by atoms with Crippen molar-refractivity contribution in [2.45, 2.75) is 20.8 Å². The lowest BCUT2D eigenvalue weighted by atomic mass is 10.0. The van der Waals surface area contributed by atoms with Crippen molar-refractivity contribution in [1.82, 2.24) is 10.2 Å². The molecule has 0 saturated carbocycles. The number of carbonyl (C=O) groups excluding carboxylic acids is 1. The number of hydrogen-bond donors (Lipinski definition) is 1. The zero-order valence-electron chi connectivity index (χ0n) is 13.6. The summed E-state index contributed by atoms with van der Waals surface area (Å²) in [6.45, 7) is 6.18. The van der Waals surface area contributed by atoms with Crippen LogP contribution in [0.4, 0.5) is 5.13 Å². The van der Waals surface area contributed by atoms with E-state index in [4.69, 9.17) is 11.6 Å². The van der Waals surface area contributed by atoms with Crippen LogP contribution in [0.3, 0.4) is 0 Å². The molecule has 0 radical (unpaired) electrons. The standard InChI is InChI=1S/C18H16ClN3OS/c1-10-8-11(2)15(12(3)9-10)17-21-22-18(24-17)20-16(23)13-6-4-5-7-14(13)19/h4-9H,1-3H3,(H,20,22,23). The summed E-state index contributed by atoms with van der Waals surface area (Å²) in [4.78, 5) is 12.3. The van der Waals surface area contributed by atoms with Crippen molar-refractivity contribution in [2.24, 2.45) is 0 Å². The molecule has 1 amide bonds. The molecule has 3 aromatic rings. The predicted octanol–water partition coefficient (Wildman–Crippen LogP) is 5.04. The average Bonchev–Trinajstić information content (AvgIpc) is 2.94. The Hall–Kier alpha value is -2.24. The van der Waals surface area contributed by atoms with E-state index in [1.54, 1.807) is 24.3 Å². The maximum absolute atomic E-state index is 12.3. The minimum atomic E-state index is -0.291. The van der Waals surface area contributed by atoms with Gasteiger partial charge in [-0.1, -0.05) is 52.8 Å². The van der Waals surface area contributed by atoms with Gasteiger partial charge in [-0.15, -0.1) is 10.2 Å². The normalized spacial score (nSPS) is 10.7. The van der Waals surface area contributed by atoms with Crippen LogP contribution in [0.15, 0.2) is 36.4 Å². The molecule has 0 fully saturated rings. The van der Waals surface area contributed by atoms with E-state index in [1.165, 1.54) is 16.9 Å². The van der Waals surface area contributed by atoms with Crippen molar-refractivity contribution in [3.63, 3.8) is 0 Å². The third kappa shape index (κ3) is 3.32. The van der Waals surface area contributed by atoms with E-state index in [2.05, 4.69) is 48.4 Å². The van der Waals surface area contributed by atoms with Gasteiger partial charge in [0.25, 0.3) is 5.91 Å². The third-order valence-corrected chi connectivity index (χ3v) is 4.84. The number of nitrogens with zero attached hydrogens (tertiary/aromatic N) is 2. The van der Waals surface area contributed by atoms with Crippen LogP contribution < -0.4 is 5.32 Å². The van der Waals surface area contributed by atoms with Crippen LogP contribution in [0, 0.1) is 20.8 Å². The molecule has 0 aliphatic carbocycles. The third-order valence-electron chi connectivity index (χ3n) is 3.65. The van der Waals surface area contributed by atoms with Crippen molar-refractivity contribution in [2.75, 3.05) is 5.32 Å². The molecule has 0 aliphatic heterocycles. The molecule has 0 atom stereocenters. The Bertz CT molecular complexity index is 897. The first-order valence-corrected chi connectivity index (χ1v) is 8.63. The summed E-state index contributed by atoms with van der Waals surface area (Å²) in [6.07, 6.45) is 0. The van der Waals surface area contributed by atoms with Crippen molar-refractivity contribution < 1.29 is 4.79 Å². The SMILES string of the molecule is Cc1cc(C)c(-c2nnc(NC(=O)c3ccccc3Cl)s2)c(C)c1.